The molecule has 0 spiro atoms. The summed E-state index contributed by atoms with van der Waals surface area (Å²) in [6.45, 7) is 1.79. The SMILES string of the molecule is Cc1cnc(Cl)o1. The van der Waals surface area contributed by atoms with Crippen LogP contribution in [0, 0.1) is 6.92 Å². The molecule has 0 fully saturated rings. The van der Waals surface area contributed by atoms with E-state index in [0.717, 1.165) is 5.76 Å². The van der Waals surface area contributed by atoms with Crippen molar-refractivity contribution in [3.05, 3.63) is 17.3 Å². The zero-order chi connectivity index (χ0) is 5.28. The van der Waals surface area contributed by atoms with Gasteiger partial charge in [0.2, 0.25) is 0 Å². The van der Waals surface area contributed by atoms with Crippen LogP contribution in [0.3, 0.4) is 0 Å². The second-order valence-electron chi connectivity index (χ2n) is 1.22. The lowest BCUT2D eigenvalue weighted by atomic mass is 10.6. The zero-order valence-corrected chi connectivity index (χ0v) is 4.57. The first-order valence-electron chi connectivity index (χ1n) is 1.87. The average Bonchev–Trinajstić information content (AvgIpc) is 1.87. The van der Waals surface area contributed by atoms with E-state index in [9.17, 15) is 0 Å². The highest BCUT2D eigenvalue weighted by molar-refractivity contribution is 6.27. The van der Waals surface area contributed by atoms with Crippen LogP contribution in [0.4, 0.5) is 0 Å². The number of rotatable bonds is 0. The molecule has 0 saturated heterocycles. The van der Waals surface area contributed by atoms with Crippen molar-refractivity contribution in [1.29, 1.82) is 0 Å². The van der Waals surface area contributed by atoms with Crippen molar-refractivity contribution >= 4 is 11.6 Å². The van der Waals surface area contributed by atoms with Gasteiger partial charge in [-0.3, -0.25) is 0 Å². The molecule has 38 valence electrons. The van der Waals surface area contributed by atoms with Crippen molar-refractivity contribution in [3.8, 4) is 0 Å². The fourth-order valence-electron chi connectivity index (χ4n) is 0.327. The molecule has 0 radical (unpaired) electrons. The van der Waals surface area contributed by atoms with Crippen LogP contribution in [0.25, 0.3) is 0 Å². The minimum absolute atomic E-state index is 0.206. The summed E-state index contributed by atoms with van der Waals surface area (Å²) in [5.41, 5.74) is 0. The number of aryl methyl sites for hydroxylation is 1. The molecular weight excluding hydrogens is 114 g/mol. The normalized spacial score (nSPS) is 9.43. The largest absolute Gasteiger partial charge is 0.433 e. The smallest absolute Gasteiger partial charge is 0.292 e. The van der Waals surface area contributed by atoms with Crippen molar-refractivity contribution in [1.82, 2.24) is 4.98 Å². The number of aromatic nitrogens is 1. The van der Waals surface area contributed by atoms with E-state index in [1.165, 1.54) is 0 Å². The van der Waals surface area contributed by atoms with Crippen molar-refractivity contribution in [2.45, 2.75) is 6.92 Å². The van der Waals surface area contributed by atoms with E-state index in [0.29, 0.717) is 0 Å². The topological polar surface area (TPSA) is 26.0 Å². The average molecular weight is 118 g/mol. The van der Waals surface area contributed by atoms with E-state index in [1.54, 1.807) is 13.1 Å². The van der Waals surface area contributed by atoms with E-state index >= 15 is 0 Å². The summed E-state index contributed by atoms with van der Waals surface area (Å²) in [6, 6.07) is 0. The Morgan fingerprint density at radius 1 is 1.86 bits per heavy atom. The molecule has 0 N–H and O–H groups in total. The Morgan fingerprint density at radius 3 is 2.71 bits per heavy atom. The first-order valence-corrected chi connectivity index (χ1v) is 2.25. The van der Waals surface area contributed by atoms with E-state index in [1.807, 2.05) is 0 Å². The molecule has 7 heavy (non-hydrogen) atoms. The van der Waals surface area contributed by atoms with Crippen LogP contribution in [-0.4, -0.2) is 4.98 Å². The van der Waals surface area contributed by atoms with Gasteiger partial charge in [0.25, 0.3) is 5.35 Å². The van der Waals surface area contributed by atoms with E-state index in [2.05, 4.69) is 4.98 Å². The standard InChI is InChI=1S/C4H4ClNO/c1-3-2-6-4(5)7-3/h2H,1H3. The van der Waals surface area contributed by atoms with Gasteiger partial charge in [-0.05, 0) is 18.5 Å². The maximum Gasteiger partial charge on any atom is 0.292 e. The third-order valence-electron chi connectivity index (χ3n) is 0.593. The Balaban J connectivity index is 3.04. The van der Waals surface area contributed by atoms with Crippen LogP contribution in [0.5, 0.6) is 0 Å². The summed E-state index contributed by atoms with van der Waals surface area (Å²) < 4.78 is 4.74. The Labute approximate surface area is 46.1 Å². The molecule has 0 amide bonds. The molecule has 0 aromatic carbocycles. The number of hydrogen-bond donors (Lipinski definition) is 0. The van der Waals surface area contributed by atoms with Crippen molar-refractivity contribution in [2.75, 3.05) is 0 Å². The van der Waals surface area contributed by atoms with Gasteiger partial charge in [0.15, 0.2) is 0 Å². The van der Waals surface area contributed by atoms with Gasteiger partial charge in [-0.15, -0.1) is 0 Å². The van der Waals surface area contributed by atoms with Crippen LogP contribution in [0.2, 0.25) is 5.35 Å². The summed E-state index contributed by atoms with van der Waals surface area (Å²) >= 11 is 5.28. The third kappa shape index (κ3) is 0.933. The van der Waals surface area contributed by atoms with Gasteiger partial charge in [0.1, 0.15) is 5.76 Å². The summed E-state index contributed by atoms with van der Waals surface area (Å²) in [7, 11) is 0. The third-order valence-corrected chi connectivity index (χ3v) is 0.768. The number of halogens is 1. The number of hydrogen-bond acceptors (Lipinski definition) is 2. The van der Waals surface area contributed by atoms with Gasteiger partial charge >= 0.3 is 0 Å². The van der Waals surface area contributed by atoms with Gasteiger partial charge < -0.3 is 4.42 Å². The molecular formula is C4H4ClNO. The number of nitrogens with zero attached hydrogens (tertiary/aromatic N) is 1. The molecule has 0 aliphatic rings. The quantitative estimate of drug-likeness (QED) is 0.516. The highest BCUT2D eigenvalue weighted by Crippen LogP contribution is 2.05. The Kier molecular flexibility index (Phi) is 1.02. The highest BCUT2D eigenvalue weighted by atomic mass is 35.5. The Hall–Kier alpha value is -0.500. The molecule has 0 bridgehead atoms. The van der Waals surface area contributed by atoms with Gasteiger partial charge in [0, 0.05) is 0 Å². The van der Waals surface area contributed by atoms with Gasteiger partial charge in [-0.1, -0.05) is 0 Å². The molecule has 1 heterocycles. The molecule has 0 saturated carbocycles. The molecule has 0 atom stereocenters. The predicted octanol–water partition coefficient (Wildman–Crippen LogP) is 1.64. The molecule has 2 nitrogen and oxygen atoms in total. The molecule has 1 aromatic rings. The minimum atomic E-state index is 0.206. The van der Waals surface area contributed by atoms with Crippen LogP contribution < -0.4 is 0 Å². The second kappa shape index (κ2) is 1.54. The fourth-order valence-corrected chi connectivity index (χ4v) is 0.498. The maximum absolute atomic E-state index is 5.28. The molecule has 0 unspecified atom stereocenters. The lowest BCUT2D eigenvalue weighted by Gasteiger charge is -1.71. The van der Waals surface area contributed by atoms with Gasteiger partial charge in [-0.2, -0.15) is 0 Å². The monoisotopic (exact) mass is 117 g/mol. The molecule has 3 heteroatoms. The lowest BCUT2D eigenvalue weighted by Crippen LogP contribution is -1.51. The molecule has 0 aliphatic heterocycles. The highest BCUT2D eigenvalue weighted by Gasteiger charge is 1.90. The number of oxazole rings is 1. The first-order chi connectivity index (χ1) is 3.29. The summed E-state index contributed by atoms with van der Waals surface area (Å²) in [6.07, 6.45) is 1.57. The Bertz CT molecular complexity index is 144. The summed E-state index contributed by atoms with van der Waals surface area (Å²) in [4.78, 5) is 3.61. The van der Waals surface area contributed by atoms with Crippen molar-refractivity contribution in [2.24, 2.45) is 0 Å². The summed E-state index contributed by atoms with van der Waals surface area (Å²) in [5, 5.41) is 0.206. The first kappa shape index (κ1) is 4.65. The maximum atomic E-state index is 5.28. The van der Waals surface area contributed by atoms with E-state index < -0.39 is 0 Å². The van der Waals surface area contributed by atoms with Crippen molar-refractivity contribution < 1.29 is 4.42 Å². The van der Waals surface area contributed by atoms with E-state index in [4.69, 9.17) is 16.0 Å². The lowest BCUT2D eigenvalue weighted by molar-refractivity contribution is 0.529. The molecule has 1 aromatic heterocycles. The van der Waals surface area contributed by atoms with Gasteiger partial charge in [0.05, 0.1) is 6.20 Å². The van der Waals surface area contributed by atoms with Crippen LogP contribution in [0.15, 0.2) is 10.6 Å². The van der Waals surface area contributed by atoms with Crippen LogP contribution in [0.1, 0.15) is 5.76 Å². The fraction of sp³-hybridized carbons (Fsp3) is 0.250. The molecule has 0 aliphatic carbocycles. The molecule has 1 rings (SSSR count). The summed E-state index contributed by atoms with van der Waals surface area (Å²) in [5.74, 6) is 0.741. The van der Waals surface area contributed by atoms with E-state index in [-0.39, 0.29) is 5.35 Å². The Morgan fingerprint density at radius 2 is 2.57 bits per heavy atom. The second-order valence-corrected chi connectivity index (χ2v) is 1.55. The van der Waals surface area contributed by atoms with Crippen LogP contribution >= 0.6 is 11.6 Å². The zero-order valence-electron chi connectivity index (χ0n) is 3.81. The van der Waals surface area contributed by atoms with Crippen molar-refractivity contribution in [3.63, 3.8) is 0 Å². The van der Waals surface area contributed by atoms with Gasteiger partial charge in [-0.25, -0.2) is 4.98 Å². The van der Waals surface area contributed by atoms with Crippen LogP contribution in [-0.2, 0) is 0 Å². The predicted molar refractivity (Wildman–Crippen MR) is 26.2 cm³/mol. The minimum Gasteiger partial charge on any atom is -0.433 e.